The zero-order chi connectivity index (χ0) is 9.78. The molecule has 0 atom stereocenters. The van der Waals surface area contributed by atoms with Crippen LogP contribution in [0.5, 0.6) is 0 Å². The minimum absolute atomic E-state index is 0.326. The van der Waals surface area contributed by atoms with Crippen molar-refractivity contribution in [3.05, 3.63) is 11.5 Å². The van der Waals surface area contributed by atoms with E-state index in [0.717, 1.165) is 7.05 Å². The van der Waals surface area contributed by atoms with Gasteiger partial charge in [0.2, 0.25) is 0 Å². The maximum absolute atomic E-state index is 12.0. The van der Waals surface area contributed by atoms with Gasteiger partial charge in [-0.2, -0.15) is 13.2 Å². The van der Waals surface area contributed by atoms with Gasteiger partial charge in [0.1, 0.15) is 0 Å². The molecule has 0 aliphatic carbocycles. The largest absolute Gasteiger partial charge is 0.439 e. The molecule has 0 aromatic rings. The number of halogens is 4. The third-order valence-electron chi connectivity index (χ3n) is 0.836. The predicted molar refractivity (Wildman–Crippen MR) is 49.9 cm³/mol. The number of hydrogen-bond acceptors (Lipinski definition) is 2. The fraction of sp³-hybridized carbons (Fsp3) is 0.500. The fourth-order valence-corrected chi connectivity index (χ4v) is 1.27. The molecule has 0 spiro atoms. The molecule has 0 N–H and O–H groups in total. The van der Waals surface area contributed by atoms with Crippen molar-refractivity contribution in [2.24, 2.45) is 4.99 Å². The van der Waals surface area contributed by atoms with Crippen molar-refractivity contribution < 1.29 is 13.2 Å². The Morgan fingerprint density at radius 2 is 2.08 bits per heavy atom. The van der Waals surface area contributed by atoms with E-state index in [2.05, 4.69) is 27.5 Å². The number of rotatable bonds is 2. The highest BCUT2D eigenvalue weighted by Crippen LogP contribution is 2.29. The van der Waals surface area contributed by atoms with Gasteiger partial charge in [-0.25, -0.2) is 0 Å². The second-order valence-corrected chi connectivity index (χ2v) is 3.53. The molecule has 0 radical (unpaired) electrons. The third kappa shape index (κ3) is 4.15. The van der Waals surface area contributed by atoms with Crippen molar-refractivity contribution in [3.63, 3.8) is 0 Å². The van der Waals surface area contributed by atoms with Crippen LogP contribution in [0.3, 0.4) is 0 Å². The van der Waals surface area contributed by atoms with Gasteiger partial charge >= 0.3 is 6.18 Å². The fourth-order valence-electron chi connectivity index (χ4n) is 0.394. The van der Waals surface area contributed by atoms with Crippen LogP contribution in [0.2, 0.25) is 0 Å². The highest BCUT2D eigenvalue weighted by molar-refractivity contribution is 9.09. The molecule has 0 unspecified atom stereocenters. The lowest BCUT2D eigenvalue weighted by molar-refractivity contribution is -0.0554. The van der Waals surface area contributed by atoms with Crippen LogP contribution >= 0.6 is 27.7 Å². The number of alkyl halides is 4. The summed E-state index contributed by atoms with van der Waals surface area (Å²) >= 11 is 3.53. The highest BCUT2D eigenvalue weighted by Gasteiger charge is 2.35. The summed E-state index contributed by atoms with van der Waals surface area (Å²) in [5.41, 5.74) is 0. The Morgan fingerprint density at radius 1 is 1.58 bits per heavy atom. The molecule has 0 fully saturated rings. The smallest absolute Gasteiger partial charge is 0.277 e. The van der Waals surface area contributed by atoms with E-state index >= 15 is 0 Å². The summed E-state index contributed by atoms with van der Waals surface area (Å²) < 4.78 is 36.0. The van der Waals surface area contributed by atoms with E-state index in [9.17, 15) is 13.2 Å². The van der Waals surface area contributed by atoms with Gasteiger partial charge in [-0.1, -0.05) is 34.3 Å². The standard InChI is InChI=1S/C6H7BrF3NS/c1-4(3-7)12-5(11-2)6(8,9)10/h1,3H2,2H3. The van der Waals surface area contributed by atoms with E-state index in [0.29, 0.717) is 22.0 Å². The Morgan fingerprint density at radius 3 is 2.33 bits per heavy atom. The lowest BCUT2D eigenvalue weighted by Crippen LogP contribution is -2.19. The molecule has 0 aliphatic heterocycles. The molecule has 0 aromatic heterocycles. The molecule has 1 nitrogen and oxygen atoms in total. The summed E-state index contributed by atoms with van der Waals surface area (Å²) in [7, 11) is 1.11. The first kappa shape index (κ1) is 12.0. The van der Waals surface area contributed by atoms with Crippen molar-refractivity contribution in [2.75, 3.05) is 12.4 Å². The van der Waals surface area contributed by atoms with E-state index in [1.165, 1.54) is 0 Å². The second kappa shape index (κ2) is 4.91. The molecule has 6 heteroatoms. The SMILES string of the molecule is C=C(CBr)SC(=NC)C(F)(F)F. The molecule has 0 heterocycles. The Bertz CT molecular complexity index is 199. The summed E-state index contributed by atoms with van der Waals surface area (Å²) in [4.78, 5) is 3.50. The number of nitrogens with zero attached hydrogens (tertiary/aromatic N) is 1. The molecule has 0 saturated heterocycles. The quantitative estimate of drug-likeness (QED) is 0.423. The number of allylic oxidation sites excluding steroid dienone is 1. The van der Waals surface area contributed by atoms with Crippen LogP contribution in [0, 0.1) is 0 Å². The second-order valence-electron chi connectivity index (χ2n) is 1.80. The van der Waals surface area contributed by atoms with Crippen LogP contribution in [0.4, 0.5) is 13.2 Å². The molecule has 0 rings (SSSR count). The zero-order valence-electron chi connectivity index (χ0n) is 6.28. The Balaban J connectivity index is 4.32. The van der Waals surface area contributed by atoms with Crippen molar-refractivity contribution in [1.82, 2.24) is 0 Å². The van der Waals surface area contributed by atoms with E-state index in [1.807, 2.05) is 0 Å². The maximum Gasteiger partial charge on any atom is 0.439 e. The molecule has 0 aromatic carbocycles. The maximum atomic E-state index is 12.0. The van der Waals surface area contributed by atoms with Gasteiger partial charge in [-0.3, -0.25) is 4.99 Å². The normalized spacial score (nSPS) is 13.2. The lowest BCUT2D eigenvalue weighted by Gasteiger charge is -2.08. The summed E-state index contributed by atoms with van der Waals surface area (Å²) in [6.07, 6.45) is -4.37. The molecule has 0 bridgehead atoms. The summed E-state index contributed by atoms with van der Waals surface area (Å²) in [5, 5.41) is -0.542. The highest BCUT2D eigenvalue weighted by atomic mass is 79.9. The van der Waals surface area contributed by atoms with Crippen molar-refractivity contribution in [1.29, 1.82) is 0 Å². The minimum atomic E-state index is -4.37. The topological polar surface area (TPSA) is 12.4 Å². The van der Waals surface area contributed by atoms with E-state index in [1.54, 1.807) is 0 Å². The summed E-state index contributed by atoms with van der Waals surface area (Å²) in [5.74, 6) is 0. The molecular weight excluding hydrogens is 255 g/mol. The first-order chi connectivity index (χ1) is 5.41. The molecule has 0 aliphatic rings. The van der Waals surface area contributed by atoms with Gasteiger partial charge in [0.25, 0.3) is 0 Å². The van der Waals surface area contributed by atoms with Gasteiger partial charge in [-0.05, 0) is 4.91 Å². The Labute approximate surface area is 81.3 Å². The van der Waals surface area contributed by atoms with Gasteiger partial charge in [0.05, 0.1) is 0 Å². The molecule has 0 amide bonds. The average molecular weight is 262 g/mol. The van der Waals surface area contributed by atoms with E-state index < -0.39 is 11.2 Å². The molecule has 70 valence electrons. The molecule has 12 heavy (non-hydrogen) atoms. The number of thioether (sulfide) groups is 1. The van der Waals surface area contributed by atoms with Gasteiger partial charge < -0.3 is 0 Å². The first-order valence-corrected chi connectivity index (χ1v) is 4.81. The van der Waals surface area contributed by atoms with Gasteiger partial charge in [-0.15, -0.1) is 0 Å². The Kier molecular flexibility index (Phi) is 4.92. The van der Waals surface area contributed by atoms with Crippen molar-refractivity contribution in [2.45, 2.75) is 6.18 Å². The summed E-state index contributed by atoms with van der Waals surface area (Å²) in [6.45, 7) is 3.41. The zero-order valence-corrected chi connectivity index (χ0v) is 8.68. The third-order valence-corrected chi connectivity index (χ3v) is 2.92. The number of hydrogen-bond donors (Lipinski definition) is 0. The lowest BCUT2D eigenvalue weighted by atomic mass is 10.7. The average Bonchev–Trinajstić information content (AvgIpc) is 1.97. The van der Waals surface area contributed by atoms with Crippen molar-refractivity contribution in [3.8, 4) is 0 Å². The molecule has 0 saturated carbocycles. The predicted octanol–water partition coefficient (Wildman–Crippen LogP) is 3.22. The van der Waals surface area contributed by atoms with Crippen LogP contribution in [0.1, 0.15) is 0 Å². The van der Waals surface area contributed by atoms with Gasteiger partial charge in [0.15, 0.2) is 5.04 Å². The monoisotopic (exact) mass is 261 g/mol. The summed E-state index contributed by atoms with van der Waals surface area (Å²) in [6, 6.07) is 0. The van der Waals surface area contributed by atoms with Crippen LogP contribution < -0.4 is 0 Å². The van der Waals surface area contributed by atoms with Crippen LogP contribution in [-0.4, -0.2) is 23.6 Å². The van der Waals surface area contributed by atoms with Crippen LogP contribution in [0.15, 0.2) is 16.5 Å². The van der Waals surface area contributed by atoms with E-state index in [4.69, 9.17) is 0 Å². The Hall–Kier alpha value is 0.0300. The van der Waals surface area contributed by atoms with Crippen molar-refractivity contribution >= 4 is 32.7 Å². The van der Waals surface area contributed by atoms with Gasteiger partial charge in [0, 0.05) is 12.4 Å². The molecular formula is C6H7BrF3NS. The minimum Gasteiger partial charge on any atom is -0.277 e. The van der Waals surface area contributed by atoms with Crippen LogP contribution in [0.25, 0.3) is 0 Å². The van der Waals surface area contributed by atoms with E-state index in [-0.39, 0.29) is 0 Å². The first-order valence-electron chi connectivity index (χ1n) is 2.87. The number of aliphatic imine (C=N–C) groups is 1. The van der Waals surface area contributed by atoms with Crippen LogP contribution in [-0.2, 0) is 0 Å².